The zero-order valence-corrected chi connectivity index (χ0v) is 9.20. The van der Waals surface area contributed by atoms with Crippen molar-refractivity contribution in [3.8, 4) is 0 Å². The van der Waals surface area contributed by atoms with E-state index in [2.05, 4.69) is 30.1 Å². The lowest BCUT2D eigenvalue weighted by Gasteiger charge is -1.82. The molecule has 0 amide bonds. The largest absolute Gasteiger partial charge is 0.265 e. The van der Waals surface area contributed by atoms with Crippen LogP contribution in [0.1, 0.15) is 22.3 Å². The minimum Gasteiger partial charge on any atom is -0.265 e. The molecule has 1 aromatic carbocycles. The number of hydrogen-bond acceptors (Lipinski definition) is 1. The van der Waals surface area contributed by atoms with Crippen molar-refractivity contribution in [2.24, 2.45) is 0 Å². The van der Waals surface area contributed by atoms with Gasteiger partial charge in [0.05, 0.1) is 0 Å². The highest BCUT2D eigenvalue weighted by molar-refractivity contribution is 5.49. The van der Waals surface area contributed by atoms with E-state index >= 15 is 0 Å². The van der Waals surface area contributed by atoms with Gasteiger partial charge in [-0.25, -0.2) is 0 Å². The summed E-state index contributed by atoms with van der Waals surface area (Å²) in [6.45, 7) is 4.22. The Hall–Kier alpha value is -1.63. The fourth-order valence-electron chi connectivity index (χ4n) is 1.53. The summed E-state index contributed by atoms with van der Waals surface area (Å²) in [5, 5.41) is 0. The van der Waals surface area contributed by atoms with Crippen molar-refractivity contribution in [1.82, 2.24) is 4.98 Å². The number of nitrogens with zero attached hydrogens (tertiary/aromatic N) is 1. The predicted octanol–water partition coefficient (Wildman–Crippen LogP) is 3.29. The first-order valence-corrected chi connectivity index (χ1v) is 5.21. The van der Waals surface area contributed by atoms with Crippen LogP contribution in [0.25, 0.3) is 0 Å². The van der Waals surface area contributed by atoms with Crippen LogP contribution in [0.4, 0.5) is 0 Å². The Morgan fingerprint density at radius 1 is 1.00 bits per heavy atom. The number of aromatic nitrogens is 1. The maximum atomic E-state index is 3.85. The Morgan fingerprint density at radius 3 is 2.20 bits per heavy atom. The van der Waals surface area contributed by atoms with E-state index in [1.807, 2.05) is 19.1 Å². The third-order valence-corrected chi connectivity index (χ3v) is 2.60. The van der Waals surface area contributed by atoms with Crippen LogP contribution in [0.15, 0.2) is 42.7 Å². The van der Waals surface area contributed by atoms with E-state index in [1.54, 1.807) is 23.5 Å². The summed E-state index contributed by atoms with van der Waals surface area (Å²) >= 11 is 0. The molecule has 1 aliphatic carbocycles. The molecule has 1 nitrogen and oxygen atoms in total. The van der Waals surface area contributed by atoms with Crippen LogP contribution in [0.3, 0.4) is 0 Å². The summed E-state index contributed by atoms with van der Waals surface area (Å²) in [6.07, 6.45) is 4.82. The average Bonchev–Trinajstić information content (AvgIpc) is 3.00. The first-order chi connectivity index (χ1) is 7.27. The van der Waals surface area contributed by atoms with Gasteiger partial charge in [-0.05, 0) is 54.7 Å². The molecule has 76 valence electrons. The van der Waals surface area contributed by atoms with E-state index in [9.17, 15) is 0 Å². The number of aryl methyl sites for hydroxylation is 2. The molecule has 1 heteroatoms. The molecule has 15 heavy (non-hydrogen) atoms. The first kappa shape index (κ1) is 9.91. The van der Waals surface area contributed by atoms with Crippen LogP contribution in [-0.2, 0) is 6.42 Å². The summed E-state index contributed by atoms with van der Waals surface area (Å²) in [5.41, 5.74) is 5.84. The molecule has 0 unspecified atom stereocenters. The van der Waals surface area contributed by atoms with Crippen LogP contribution >= 0.6 is 0 Å². The molecule has 0 spiro atoms. The smallest absolute Gasteiger partial charge is 0.0270 e. The van der Waals surface area contributed by atoms with E-state index in [4.69, 9.17) is 0 Å². The van der Waals surface area contributed by atoms with Gasteiger partial charge < -0.3 is 0 Å². The number of benzene rings is 1. The predicted molar refractivity (Wildman–Crippen MR) is 63.0 cm³/mol. The molecule has 0 fully saturated rings. The standard InChI is InChI=1S/C8H8.C6H7N/c1-6-3-2-4-7-5-8(6)7;1-6-2-4-7-5-3-6/h2-4H,5H2,1H3;2-5H,1H3. The minimum atomic E-state index is 1.25. The molecule has 0 atom stereocenters. The monoisotopic (exact) mass is 197 g/mol. The van der Waals surface area contributed by atoms with Gasteiger partial charge in [0.1, 0.15) is 0 Å². The molecular weight excluding hydrogens is 182 g/mol. The van der Waals surface area contributed by atoms with Gasteiger partial charge in [0.2, 0.25) is 0 Å². The molecule has 1 aromatic heterocycles. The second-order valence-corrected chi connectivity index (χ2v) is 3.91. The van der Waals surface area contributed by atoms with Crippen molar-refractivity contribution in [1.29, 1.82) is 0 Å². The average molecular weight is 197 g/mol. The second-order valence-electron chi connectivity index (χ2n) is 3.91. The molecule has 3 rings (SSSR count). The van der Waals surface area contributed by atoms with Gasteiger partial charge in [0.15, 0.2) is 0 Å². The van der Waals surface area contributed by atoms with E-state index in [0.29, 0.717) is 0 Å². The van der Waals surface area contributed by atoms with Gasteiger partial charge in [-0.3, -0.25) is 4.98 Å². The van der Waals surface area contributed by atoms with Gasteiger partial charge in [-0.1, -0.05) is 18.2 Å². The summed E-state index contributed by atoms with van der Waals surface area (Å²) in [4.78, 5) is 3.85. The molecule has 1 heterocycles. The van der Waals surface area contributed by atoms with Gasteiger partial charge in [0, 0.05) is 12.4 Å². The molecule has 0 aliphatic heterocycles. The topological polar surface area (TPSA) is 12.9 Å². The number of hydrogen-bond donors (Lipinski definition) is 0. The summed E-state index contributed by atoms with van der Waals surface area (Å²) < 4.78 is 0. The summed E-state index contributed by atoms with van der Waals surface area (Å²) in [7, 11) is 0. The third kappa shape index (κ3) is 2.66. The van der Waals surface area contributed by atoms with Crippen molar-refractivity contribution in [3.63, 3.8) is 0 Å². The molecule has 0 saturated carbocycles. The Labute approximate surface area is 90.8 Å². The van der Waals surface area contributed by atoms with Gasteiger partial charge in [-0.15, -0.1) is 0 Å². The van der Waals surface area contributed by atoms with E-state index in [0.717, 1.165) is 0 Å². The Morgan fingerprint density at radius 2 is 1.73 bits per heavy atom. The Balaban J connectivity index is 0.000000115. The number of rotatable bonds is 0. The van der Waals surface area contributed by atoms with Crippen LogP contribution in [0, 0.1) is 13.8 Å². The van der Waals surface area contributed by atoms with Gasteiger partial charge in [0.25, 0.3) is 0 Å². The van der Waals surface area contributed by atoms with E-state index in [1.165, 1.54) is 17.5 Å². The summed E-state index contributed by atoms with van der Waals surface area (Å²) in [6, 6.07) is 10.4. The Bertz CT molecular complexity index is 446. The molecular formula is C14H15N. The Kier molecular flexibility index (Phi) is 2.82. The molecule has 2 aromatic rings. The lowest BCUT2D eigenvalue weighted by Crippen LogP contribution is -1.68. The highest BCUT2D eigenvalue weighted by Crippen LogP contribution is 2.29. The van der Waals surface area contributed by atoms with Crippen molar-refractivity contribution in [3.05, 3.63) is 65.0 Å². The van der Waals surface area contributed by atoms with E-state index in [-0.39, 0.29) is 0 Å². The fraction of sp³-hybridized carbons (Fsp3) is 0.214. The maximum Gasteiger partial charge on any atom is 0.0270 e. The molecule has 0 N–H and O–H groups in total. The number of pyridine rings is 1. The van der Waals surface area contributed by atoms with Crippen LogP contribution in [0.5, 0.6) is 0 Å². The fourth-order valence-corrected chi connectivity index (χ4v) is 1.53. The maximum absolute atomic E-state index is 3.85. The van der Waals surface area contributed by atoms with Crippen molar-refractivity contribution < 1.29 is 0 Å². The van der Waals surface area contributed by atoms with Gasteiger partial charge >= 0.3 is 0 Å². The van der Waals surface area contributed by atoms with Crippen LogP contribution < -0.4 is 0 Å². The lowest BCUT2D eigenvalue weighted by molar-refractivity contribution is 1.29. The highest BCUT2D eigenvalue weighted by atomic mass is 14.6. The molecule has 0 bridgehead atoms. The molecule has 0 radical (unpaired) electrons. The number of fused-ring (bicyclic) bond motifs is 1. The third-order valence-electron chi connectivity index (χ3n) is 2.60. The zero-order valence-electron chi connectivity index (χ0n) is 9.20. The SMILES string of the molecule is Cc1cccc2c1C2.Cc1ccncc1. The molecule has 0 saturated heterocycles. The highest BCUT2D eigenvalue weighted by Gasteiger charge is 2.16. The van der Waals surface area contributed by atoms with Crippen LogP contribution in [0.2, 0.25) is 0 Å². The minimum absolute atomic E-state index is 1.25. The first-order valence-electron chi connectivity index (χ1n) is 5.21. The van der Waals surface area contributed by atoms with E-state index < -0.39 is 0 Å². The second kappa shape index (κ2) is 4.26. The lowest BCUT2D eigenvalue weighted by atomic mass is 10.2. The summed E-state index contributed by atoms with van der Waals surface area (Å²) in [5.74, 6) is 0. The van der Waals surface area contributed by atoms with Crippen molar-refractivity contribution in [2.75, 3.05) is 0 Å². The molecule has 1 aliphatic rings. The normalized spacial score (nSPS) is 11.1. The van der Waals surface area contributed by atoms with Crippen LogP contribution in [-0.4, -0.2) is 4.98 Å². The quantitative estimate of drug-likeness (QED) is 0.539. The van der Waals surface area contributed by atoms with Crippen molar-refractivity contribution >= 4 is 0 Å². The van der Waals surface area contributed by atoms with Gasteiger partial charge in [-0.2, -0.15) is 0 Å². The zero-order chi connectivity index (χ0) is 10.7. The van der Waals surface area contributed by atoms with Crippen molar-refractivity contribution in [2.45, 2.75) is 20.3 Å².